The molecule has 0 saturated carbocycles. The number of ether oxygens (including phenoxy) is 1. The Kier molecular flexibility index (Phi) is 7.98. The highest BCUT2D eigenvalue weighted by molar-refractivity contribution is 7.18. The molecule has 3 heterocycles. The average Bonchev–Trinajstić information content (AvgIpc) is 3.16. The van der Waals surface area contributed by atoms with Crippen molar-refractivity contribution in [2.24, 2.45) is 0 Å². The Hall–Kier alpha value is -2.62. The Morgan fingerprint density at radius 3 is 2.37 bits per heavy atom. The largest absolute Gasteiger partial charge is 0.468 e. The maximum Gasteiger partial charge on any atom is 0.327 e. The van der Waals surface area contributed by atoms with Gasteiger partial charge in [-0.1, -0.05) is 26.0 Å². The number of rotatable bonds is 8. The molecule has 188 valence electrons. The van der Waals surface area contributed by atoms with Crippen molar-refractivity contribution in [3.63, 3.8) is 0 Å². The number of carbonyl (C=O) groups excluding carboxylic acids is 1. The summed E-state index contributed by atoms with van der Waals surface area (Å²) >= 11 is 1.73. The standard InChI is InChI=1S/C26H34FN5O2S/c1-6-30(7-2)16-21-28-24(22-17(3)18(4)35-25(22)29-21)32-14-12-31(13-15-32)23(26(33)34-5)19-8-10-20(27)11-9-19/h8-11,23H,6-7,12-16H2,1-5H3/t23-/m1/s1. The molecule has 4 rings (SSSR count). The summed E-state index contributed by atoms with van der Waals surface area (Å²) < 4.78 is 18.6. The Bertz CT molecular complexity index is 1170. The van der Waals surface area contributed by atoms with E-state index in [9.17, 15) is 9.18 Å². The molecule has 0 aliphatic carbocycles. The van der Waals surface area contributed by atoms with Gasteiger partial charge in [0.1, 0.15) is 28.3 Å². The number of fused-ring (bicyclic) bond motifs is 1. The molecule has 3 aromatic rings. The molecule has 1 atom stereocenters. The Labute approximate surface area is 210 Å². The summed E-state index contributed by atoms with van der Waals surface area (Å²) in [4.78, 5) is 31.7. The van der Waals surface area contributed by atoms with Gasteiger partial charge in [0, 0.05) is 31.1 Å². The minimum Gasteiger partial charge on any atom is -0.468 e. The van der Waals surface area contributed by atoms with Crippen LogP contribution in [-0.2, 0) is 16.1 Å². The van der Waals surface area contributed by atoms with Crippen LogP contribution < -0.4 is 4.90 Å². The molecule has 1 saturated heterocycles. The van der Waals surface area contributed by atoms with Crippen LogP contribution in [0.1, 0.15) is 41.7 Å². The summed E-state index contributed by atoms with van der Waals surface area (Å²) in [5, 5.41) is 1.13. The predicted octanol–water partition coefficient (Wildman–Crippen LogP) is 4.33. The highest BCUT2D eigenvalue weighted by atomic mass is 32.1. The summed E-state index contributed by atoms with van der Waals surface area (Å²) in [5.41, 5.74) is 1.97. The second-order valence-corrected chi connectivity index (χ2v) is 10.1. The molecular weight excluding hydrogens is 465 g/mol. The van der Waals surface area contributed by atoms with Gasteiger partial charge in [-0.25, -0.2) is 19.2 Å². The normalized spacial score (nSPS) is 15.7. The van der Waals surface area contributed by atoms with E-state index >= 15 is 0 Å². The van der Waals surface area contributed by atoms with Crippen molar-refractivity contribution in [3.8, 4) is 0 Å². The van der Waals surface area contributed by atoms with Gasteiger partial charge in [0.15, 0.2) is 0 Å². The van der Waals surface area contributed by atoms with Gasteiger partial charge in [0.05, 0.1) is 19.0 Å². The first-order chi connectivity index (χ1) is 16.9. The number of esters is 1. The molecule has 2 aromatic heterocycles. The van der Waals surface area contributed by atoms with Crippen molar-refractivity contribution < 1.29 is 13.9 Å². The fourth-order valence-corrected chi connectivity index (χ4v) is 5.71. The third-order valence-electron chi connectivity index (χ3n) is 6.90. The summed E-state index contributed by atoms with van der Waals surface area (Å²) in [6, 6.07) is 5.54. The second-order valence-electron chi connectivity index (χ2n) is 8.89. The van der Waals surface area contributed by atoms with Crippen molar-refractivity contribution in [3.05, 3.63) is 51.9 Å². The second kappa shape index (κ2) is 11.0. The van der Waals surface area contributed by atoms with Crippen LogP contribution in [0.4, 0.5) is 10.2 Å². The van der Waals surface area contributed by atoms with Gasteiger partial charge in [-0.15, -0.1) is 11.3 Å². The Morgan fingerprint density at radius 1 is 1.11 bits per heavy atom. The molecular formula is C26H34FN5O2S. The highest BCUT2D eigenvalue weighted by Gasteiger charge is 2.32. The van der Waals surface area contributed by atoms with Crippen molar-refractivity contribution in [2.75, 3.05) is 51.3 Å². The van der Waals surface area contributed by atoms with Crippen LogP contribution in [0.25, 0.3) is 10.2 Å². The third kappa shape index (κ3) is 5.32. The van der Waals surface area contributed by atoms with E-state index in [4.69, 9.17) is 14.7 Å². The molecule has 35 heavy (non-hydrogen) atoms. The van der Waals surface area contributed by atoms with Crippen molar-refractivity contribution >= 4 is 33.3 Å². The maximum absolute atomic E-state index is 13.5. The number of carbonyl (C=O) groups is 1. The van der Waals surface area contributed by atoms with Crippen LogP contribution in [0.5, 0.6) is 0 Å². The van der Waals surface area contributed by atoms with Gasteiger partial charge in [-0.3, -0.25) is 9.80 Å². The van der Waals surface area contributed by atoms with E-state index in [1.165, 1.54) is 29.7 Å². The molecule has 1 aliphatic rings. The first kappa shape index (κ1) is 25.5. The van der Waals surface area contributed by atoms with Crippen LogP contribution in [-0.4, -0.2) is 72.1 Å². The zero-order chi connectivity index (χ0) is 25.1. The molecule has 0 N–H and O–H groups in total. The lowest BCUT2D eigenvalue weighted by Crippen LogP contribution is -2.49. The molecule has 0 amide bonds. The number of aromatic nitrogens is 2. The molecule has 1 aromatic carbocycles. The Morgan fingerprint density at radius 2 is 1.77 bits per heavy atom. The van der Waals surface area contributed by atoms with Gasteiger partial charge in [0.25, 0.3) is 0 Å². The van der Waals surface area contributed by atoms with Gasteiger partial charge < -0.3 is 9.64 Å². The fourth-order valence-electron chi connectivity index (χ4n) is 4.66. The molecule has 0 radical (unpaired) electrons. The van der Waals surface area contributed by atoms with Crippen LogP contribution in [0.3, 0.4) is 0 Å². The van der Waals surface area contributed by atoms with Crippen LogP contribution >= 0.6 is 11.3 Å². The summed E-state index contributed by atoms with van der Waals surface area (Å²) in [5.74, 6) is 1.17. The van der Waals surface area contributed by atoms with E-state index in [1.54, 1.807) is 23.5 Å². The van der Waals surface area contributed by atoms with Gasteiger partial charge in [-0.2, -0.15) is 0 Å². The number of piperazine rings is 1. The Balaban J connectivity index is 1.61. The van der Waals surface area contributed by atoms with Crippen LogP contribution in [0.2, 0.25) is 0 Å². The van der Waals surface area contributed by atoms with Crippen molar-refractivity contribution in [2.45, 2.75) is 40.3 Å². The number of nitrogens with zero attached hydrogens (tertiary/aromatic N) is 5. The average molecular weight is 500 g/mol. The number of benzene rings is 1. The van der Waals surface area contributed by atoms with Crippen molar-refractivity contribution in [1.82, 2.24) is 19.8 Å². The SMILES string of the molecule is CCN(CC)Cc1nc(N2CCN([C@@H](C(=O)OC)c3ccc(F)cc3)CC2)c2c(C)c(C)sc2n1. The van der Waals surface area contributed by atoms with Crippen LogP contribution in [0, 0.1) is 19.7 Å². The quantitative estimate of drug-likeness (QED) is 0.428. The predicted molar refractivity (Wildman–Crippen MR) is 138 cm³/mol. The molecule has 0 spiro atoms. The lowest BCUT2D eigenvalue weighted by Gasteiger charge is -2.39. The number of halogens is 1. The molecule has 7 nitrogen and oxygen atoms in total. The molecule has 1 fully saturated rings. The summed E-state index contributed by atoms with van der Waals surface area (Å²) in [6.07, 6.45) is 0. The van der Waals surface area contributed by atoms with Gasteiger partial charge >= 0.3 is 5.97 Å². The number of anilines is 1. The molecule has 9 heteroatoms. The van der Waals surface area contributed by atoms with Gasteiger partial charge in [0.2, 0.25) is 0 Å². The van der Waals surface area contributed by atoms with E-state index in [-0.39, 0.29) is 11.8 Å². The molecule has 0 unspecified atom stereocenters. The monoisotopic (exact) mass is 499 g/mol. The van der Waals surface area contributed by atoms with E-state index < -0.39 is 6.04 Å². The third-order valence-corrected chi connectivity index (χ3v) is 8.01. The van der Waals surface area contributed by atoms with Gasteiger partial charge in [-0.05, 0) is 50.2 Å². The summed E-state index contributed by atoms with van der Waals surface area (Å²) in [6.45, 7) is 14.0. The first-order valence-corrected chi connectivity index (χ1v) is 13.0. The topological polar surface area (TPSA) is 61.8 Å². The maximum atomic E-state index is 13.5. The first-order valence-electron chi connectivity index (χ1n) is 12.2. The number of aryl methyl sites for hydroxylation is 2. The number of methoxy groups -OCH3 is 1. The van der Waals surface area contributed by atoms with E-state index in [0.29, 0.717) is 13.1 Å². The number of thiophene rings is 1. The smallest absolute Gasteiger partial charge is 0.327 e. The number of hydrogen-bond acceptors (Lipinski definition) is 8. The highest BCUT2D eigenvalue weighted by Crippen LogP contribution is 2.36. The zero-order valence-corrected chi connectivity index (χ0v) is 22.0. The van der Waals surface area contributed by atoms with E-state index in [2.05, 4.69) is 42.4 Å². The summed E-state index contributed by atoms with van der Waals surface area (Å²) in [7, 11) is 1.39. The fraction of sp³-hybridized carbons (Fsp3) is 0.500. The zero-order valence-electron chi connectivity index (χ0n) is 21.2. The lowest BCUT2D eigenvalue weighted by molar-refractivity contribution is -0.147. The number of hydrogen-bond donors (Lipinski definition) is 0. The minimum absolute atomic E-state index is 0.322. The minimum atomic E-state index is -0.559. The van der Waals surface area contributed by atoms with E-state index in [0.717, 1.165) is 60.1 Å². The molecule has 0 bridgehead atoms. The lowest BCUT2D eigenvalue weighted by atomic mass is 10.0. The van der Waals surface area contributed by atoms with Crippen LogP contribution in [0.15, 0.2) is 24.3 Å². The molecule has 1 aliphatic heterocycles. The van der Waals surface area contributed by atoms with Crippen molar-refractivity contribution in [1.29, 1.82) is 0 Å². The van der Waals surface area contributed by atoms with E-state index in [1.807, 2.05) is 0 Å².